The minimum absolute atomic E-state index is 0.0131. The van der Waals surface area contributed by atoms with E-state index in [4.69, 9.17) is 4.74 Å². The number of benzene rings is 1. The summed E-state index contributed by atoms with van der Waals surface area (Å²) in [5.74, 6) is -0.112. The first-order valence-electron chi connectivity index (χ1n) is 14.1. The van der Waals surface area contributed by atoms with Crippen LogP contribution in [-0.2, 0) is 22.7 Å². The summed E-state index contributed by atoms with van der Waals surface area (Å²) in [5.41, 5.74) is 2.63. The fourth-order valence-corrected chi connectivity index (χ4v) is 5.17. The fourth-order valence-electron chi connectivity index (χ4n) is 5.17. The van der Waals surface area contributed by atoms with Gasteiger partial charge in [0.25, 0.3) is 0 Å². The van der Waals surface area contributed by atoms with E-state index in [1.165, 1.54) is 24.9 Å². The molecule has 0 radical (unpaired) electrons. The van der Waals surface area contributed by atoms with E-state index < -0.39 is 0 Å². The van der Waals surface area contributed by atoms with Gasteiger partial charge in [-0.15, -0.1) is 5.10 Å². The van der Waals surface area contributed by atoms with Gasteiger partial charge >= 0.3 is 6.03 Å². The third-order valence-electron chi connectivity index (χ3n) is 7.69. The maximum absolute atomic E-state index is 13.1. The Morgan fingerprint density at radius 3 is 2.64 bits per heavy atom. The monoisotopic (exact) mass is 541 g/mol. The Morgan fingerprint density at radius 1 is 1.18 bits per heavy atom. The molecule has 2 aliphatic rings. The van der Waals surface area contributed by atoms with Crippen LogP contribution < -0.4 is 10.2 Å². The smallest absolute Gasteiger partial charge is 0.321 e. The molecule has 1 saturated heterocycles. The predicted octanol–water partition coefficient (Wildman–Crippen LogP) is 2.96. The second-order valence-electron chi connectivity index (χ2n) is 10.9. The molecule has 2 aromatic rings. The first-order valence-corrected chi connectivity index (χ1v) is 14.1. The number of likely N-dealkylation sites (N-methyl/N-ethyl adjacent to an activating group) is 1. The van der Waals surface area contributed by atoms with Crippen LogP contribution in [0.1, 0.15) is 51.6 Å². The number of aliphatic hydroxyl groups excluding tert-OH is 1. The Balaban J connectivity index is 1.42. The van der Waals surface area contributed by atoms with Crippen molar-refractivity contribution in [3.8, 4) is 0 Å². The van der Waals surface area contributed by atoms with Crippen molar-refractivity contribution in [3.63, 3.8) is 0 Å². The van der Waals surface area contributed by atoms with Crippen molar-refractivity contribution in [2.75, 3.05) is 50.1 Å². The molecule has 2 N–H and O–H groups in total. The van der Waals surface area contributed by atoms with Crippen molar-refractivity contribution in [3.05, 3.63) is 36.2 Å². The zero-order chi connectivity index (χ0) is 27.8. The number of rotatable bonds is 6. The number of nitrogens with one attached hydrogen (secondary N) is 1. The van der Waals surface area contributed by atoms with Crippen LogP contribution in [0.3, 0.4) is 0 Å². The van der Waals surface area contributed by atoms with Crippen LogP contribution in [0.15, 0.2) is 30.5 Å². The van der Waals surface area contributed by atoms with Crippen molar-refractivity contribution >= 4 is 23.3 Å². The summed E-state index contributed by atoms with van der Waals surface area (Å²) in [7, 11) is 1.74. The minimum atomic E-state index is -0.366. The average molecular weight is 542 g/mol. The number of aliphatic hydroxyl groups is 1. The van der Waals surface area contributed by atoms with E-state index >= 15 is 0 Å². The molecule has 3 heterocycles. The molecule has 11 nitrogen and oxygen atoms in total. The first kappa shape index (κ1) is 28.8. The van der Waals surface area contributed by atoms with Gasteiger partial charge in [0.2, 0.25) is 5.91 Å². The molecule has 0 saturated carbocycles. The van der Waals surface area contributed by atoms with Crippen LogP contribution in [0.25, 0.3) is 0 Å². The van der Waals surface area contributed by atoms with Crippen LogP contribution in [0.5, 0.6) is 0 Å². The Labute approximate surface area is 231 Å². The van der Waals surface area contributed by atoms with Gasteiger partial charge in [0.1, 0.15) is 5.69 Å². The number of amides is 3. The third kappa shape index (κ3) is 7.92. The molecule has 2 aliphatic heterocycles. The molecule has 39 heavy (non-hydrogen) atoms. The second-order valence-corrected chi connectivity index (χ2v) is 10.9. The molecular weight excluding hydrogens is 498 g/mol. The normalized spacial score (nSPS) is 21.9. The molecule has 0 spiro atoms. The summed E-state index contributed by atoms with van der Waals surface area (Å²) in [4.78, 5) is 31.9. The van der Waals surface area contributed by atoms with Gasteiger partial charge < -0.3 is 29.9 Å². The second kappa shape index (κ2) is 13.7. The molecule has 2 bridgehead atoms. The summed E-state index contributed by atoms with van der Waals surface area (Å²) in [6.07, 6.45) is 6.18. The molecule has 0 aliphatic carbocycles. The maximum Gasteiger partial charge on any atom is 0.321 e. The topological polar surface area (TPSA) is 116 Å². The molecule has 1 fully saturated rings. The van der Waals surface area contributed by atoms with E-state index in [1.807, 2.05) is 32.2 Å². The Kier molecular flexibility index (Phi) is 10.2. The highest BCUT2D eigenvalue weighted by atomic mass is 16.5. The number of ether oxygens (including phenoxy) is 1. The van der Waals surface area contributed by atoms with Crippen molar-refractivity contribution in [2.24, 2.45) is 5.92 Å². The molecule has 11 heteroatoms. The SMILES string of the molecule is C[C@@H]1CN([C@H](C)CO)C(=O)CCCn2cc(nn2)CO[C@H]1CN(C)C(=O)Nc1ccc(N2CCCCC2)cc1. The van der Waals surface area contributed by atoms with Gasteiger partial charge in [-0.1, -0.05) is 12.1 Å². The number of anilines is 2. The number of piperidine rings is 1. The van der Waals surface area contributed by atoms with Gasteiger partial charge in [-0.25, -0.2) is 4.79 Å². The highest BCUT2D eigenvalue weighted by Gasteiger charge is 2.29. The first-order chi connectivity index (χ1) is 18.8. The fraction of sp³-hybridized carbons (Fsp3) is 0.643. The lowest BCUT2D eigenvalue weighted by Gasteiger charge is -2.35. The van der Waals surface area contributed by atoms with Crippen LogP contribution in [0, 0.1) is 5.92 Å². The quantitative estimate of drug-likeness (QED) is 0.578. The summed E-state index contributed by atoms with van der Waals surface area (Å²) < 4.78 is 7.99. The minimum Gasteiger partial charge on any atom is -0.394 e. The molecule has 1 aromatic heterocycles. The van der Waals surface area contributed by atoms with Gasteiger partial charge in [0.15, 0.2) is 0 Å². The summed E-state index contributed by atoms with van der Waals surface area (Å²) in [5, 5.41) is 21.1. The van der Waals surface area contributed by atoms with Gasteiger partial charge in [0, 0.05) is 63.5 Å². The lowest BCUT2D eigenvalue weighted by atomic mass is 10.0. The van der Waals surface area contributed by atoms with Crippen molar-refractivity contribution in [1.82, 2.24) is 24.8 Å². The van der Waals surface area contributed by atoms with Crippen LogP contribution in [0.4, 0.5) is 16.2 Å². The number of nitrogens with zero attached hydrogens (tertiary/aromatic N) is 6. The summed E-state index contributed by atoms with van der Waals surface area (Å²) in [6.45, 7) is 7.47. The van der Waals surface area contributed by atoms with E-state index in [0.717, 1.165) is 18.8 Å². The van der Waals surface area contributed by atoms with Crippen LogP contribution >= 0.6 is 0 Å². The lowest BCUT2D eigenvalue weighted by molar-refractivity contribution is -0.136. The number of urea groups is 1. The van der Waals surface area contributed by atoms with E-state index in [-0.39, 0.29) is 43.2 Å². The van der Waals surface area contributed by atoms with E-state index in [9.17, 15) is 14.7 Å². The molecular formula is C28H43N7O4. The molecule has 3 amide bonds. The molecule has 3 atom stereocenters. The van der Waals surface area contributed by atoms with Crippen molar-refractivity contribution in [2.45, 2.75) is 71.2 Å². The Bertz CT molecular complexity index is 1070. The molecule has 0 unspecified atom stereocenters. The van der Waals surface area contributed by atoms with E-state index in [1.54, 1.807) is 21.5 Å². The standard InChI is InChI=1S/C28H43N7O4/c1-21-16-35(22(2)19-36)27(37)8-7-15-34-17-24(30-31-34)20-39-26(21)18-32(3)28(38)29-23-9-11-25(12-10-23)33-13-5-4-6-14-33/h9-12,17,21-22,26,36H,4-8,13-16,18-20H2,1-3H3,(H,29,38)/t21-,22-,26+/m1/s1. The molecule has 1 aromatic carbocycles. The summed E-state index contributed by atoms with van der Waals surface area (Å²) >= 11 is 0. The van der Waals surface area contributed by atoms with Crippen LogP contribution in [0.2, 0.25) is 0 Å². The van der Waals surface area contributed by atoms with E-state index in [0.29, 0.717) is 38.2 Å². The number of carbonyl (C=O) groups excluding carboxylic acids is 2. The number of carbonyl (C=O) groups is 2. The highest BCUT2D eigenvalue weighted by molar-refractivity contribution is 5.89. The Hall–Kier alpha value is -3.18. The van der Waals surface area contributed by atoms with E-state index in [2.05, 4.69) is 32.7 Å². The zero-order valence-electron chi connectivity index (χ0n) is 23.5. The van der Waals surface area contributed by atoms with Gasteiger partial charge in [-0.3, -0.25) is 9.48 Å². The zero-order valence-corrected chi connectivity index (χ0v) is 23.5. The van der Waals surface area contributed by atoms with Crippen molar-refractivity contribution < 1.29 is 19.4 Å². The predicted molar refractivity (Wildman–Crippen MR) is 149 cm³/mol. The number of hydrogen-bond acceptors (Lipinski definition) is 7. The number of aryl methyl sites for hydroxylation is 1. The summed E-state index contributed by atoms with van der Waals surface area (Å²) in [6, 6.07) is 7.46. The Morgan fingerprint density at radius 2 is 1.92 bits per heavy atom. The lowest BCUT2D eigenvalue weighted by Crippen LogP contribution is -2.48. The highest BCUT2D eigenvalue weighted by Crippen LogP contribution is 2.22. The largest absolute Gasteiger partial charge is 0.394 e. The molecule has 4 rings (SSSR count). The number of aromatic nitrogens is 3. The third-order valence-corrected chi connectivity index (χ3v) is 7.69. The number of hydrogen-bond donors (Lipinski definition) is 2. The van der Waals surface area contributed by atoms with Gasteiger partial charge in [0.05, 0.1) is 31.6 Å². The van der Waals surface area contributed by atoms with Gasteiger partial charge in [-0.2, -0.15) is 0 Å². The average Bonchev–Trinajstić information content (AvgIpc) is 3.41. The van der Waals surface area contributed by atoms with Crippen LogP contribution in [-0.4, -0.2) is 93.8 Å². The molecule has 214 valence electrons. The van der Waals surface area contributed by atoms with Gasteiger partial charge in [-0.05, 0) is 56.9 Å². The maximum atomic E-state index is 13.1. The number of fused-ring (bicyclic) bond motifs is 2. The van der Waals surface area contributed by atoms with Crippen molar-refractivity contribution in [1.29, 1.82) is 0 Å².